The van der Waals surface area contributed by atoms with Gasteiger partial charge in [-0.3, -0.25) is 0 Å². The SMILES string of the molecule is CCCCCC1=CC=C(c2ccccc2)C(F)(B(O)O)C1. The Morgan fingerprint density at radius 2 is 1.86 bits per heavy atom. The maximum absolute atomic E-state index is 15.2. The van der Waals surface area contributed by atoms with Crippen LogP contribution >= 0.6 is 0 Å². The first-order chi connectivity index (χ1) is 10.1. The normalized spacial score (nSPS) is 21.7. The largest absolute Gasteiger partial charge is 0.496 e. The summed E-state index contributed by atoms with van der Waals surface area (Å²) in [6.45, 7) is 2.12. The van der Waals surface area contributed by atoms with Crippen LogP contribution in [0.1, 0.15) is 44.6 Å². The van der Waals surface area contributed by atoms with E-state index < -0.39 is 12.7 Å². The lowest BCUT2D eigenvalue weighted by atomic mass is 9.59. The van der Waals surface area contributed by atoms with Crippen molar-refractivity contribution < 1.29 is 14.4 Å². The topological polar surface area (TPSA) is 40.5 Å². The van der Waals surface area contributed by atoms with Crippen LogP contribution in [0.5, 0.6) is 0 Å². The average Bonchev–Trinajstić information content (AvgIpc) is 2.48. The second-order valence-electron chi connectivity index (χ2n) is 5.64. The van der Waals surface area contributed by atoms with E-state index >= 15 is 4.39 Å². The molecule has 0 amide bonds. The van der Waals surface area contributed by atoms with E-state index in [0.717, 1.165) is 31.3 Å². The monoisotopic (exact) mass is 288 g/mol. The van der Waals surface area contributed by atoms with Crippen molar-refractivity contribution >= 4 is 12.7 Å². The number of rotatable bonds is 6. The van der Waals surface area contributed by atoms with E-state index in [0.29, 0.717) is 11.1 Å². The fourth-order valence-corrected chi connectivity index (χ4v) is 2.78. The number of benzene rings is 1. The molecule has 4 heteroatoms. The van der Waals surface area contributed by atoms with Gasteiger partial charge in [0, 0.05) is 6.42 Å². The van der Waals surface area contributed by atoms with Gasteiger partial charge < -0.3 is 10.0 Å². The lowest BCUT2D eigenvalue weighted by Crippen LogP contribution is -2.44. The molecular weight excluding hydrogens is 266 g/mol. The molecule has 0 saturated carbocycles. The van der Waals surface area contributed by atoms with Crippen molar-refractivity contribution in [1.29, 1.82) is 0 Å². The lowest BCUT2D eigenvalue weighted by Gasteiger charge is -2.31. The van der Waals surface area contributed by atoms with Crippen molar-refractivity contribution in [1.82, 2.24) is 0 Å². The molecule has 1 atom stereocenters. The first-order valence-corrected chi connectivity index (χ1v) is 7.58. The fraction of sp³-hybridized carbons (Fsp3) is 0.412. The third-order valence-electron chi connectivity index (χ3n) is 4.01. The average molecular weight is 288 g/mol. The number of allylic oxidation sites excluding steroid dienone is 4. The van der Waals surface area contributed by atoms with E-state index in [1.54, 1.807) is 18.2 Å². The fourth-order valence-electron chi connectivity index (χ4n) is 2.78. The molecule has 0 radical (unpaired) electrons. The van der Waals surface area contributed by atoms with Gasteiger partial charge in [-0.05, 0) is 24.0 Å². The summed E-state index contributed by atoms with van der Waals surface area (Å²) in [5.41, 5.74) is -0.148. The predicted molar refractivity (Wildman–Crippen MR) is 85.3 cm³/mol. The molecule has 2 nitrogen and oxygen atoms in total. The quantitative estimate of drug-likeness (QED) is 0.619. The van der Waals surface area contributed by atoms with Crippen LogP contribution in [0, 0.1) is 0 Å². The van der Waals surface area contributed by atoms with Gasteiger partial charge >= 0.3 is 7.12 Å². The molecule has 2 rings (SSSR count). The number of hydrogen-bond donors (Lipinski definition) is 2. The molecule has 0 aromatic heterocycles. The Balaban J connectivity index is 2.27. The van der Waals surface area contributed by atoms with Crippen LogP contribution in [0.2, 0.25) is 0 Å². The molecule has 0 heterocycles. The molecule has 1 aliphatic rings. The van der Waals surface area contributed by atoms with Crippen LogP contribution in [0.3, 0.4) is 0 Å². The molecular formula is C17H22BFO2. The minimum Gasteiger partial charge on any atom is -0.425 e. The summed E-state index contributed by atoms with van der Waals surface area (Å²) in [6, 6.07) is 9.08. The Labute approximate surface area is 126 Å². The van der Waals surface area contributed by atoms with Crippen molar-refractivity contribution in [3.05, 3.63) is 53.6 Å². The highest BCUT2D eigenvalue weighted by molar-refractivity contribution is 6.49. The first-order valence-electron chi connectivity index (χ1n) is 7.58. The third kappa shape index (κ3) is 3.63. The highest BCUT2D eigenvalue weighted by Crippen LogP contribution is 2.41. The summed E-state index contributed by atoms with van der Waals surface area (Å²) >= 11 is 0. The lowest BCUT2D eigenvalue weighted by molar-refractivity contribution is 0.248. The number of alkyl halides is 1. The van der Waals surface area contributed by atoms with Gasteiger partial charge in [-0.2, -0.15) is 0 Å². The van der Waals surface area contributed by atoms with Gasteiger partial charge in [0.15, 0.2) is 5.57 Å². The minimum absolute atomic E-state index is 0.0507. The molecule has 0 fully saturated rings. The molecule has 1 aromatic carbocycles. The Hall–Kier alpha value is -1.39. The Morgan fingerprint density at radius 3 is 2.48 bits per heavy atom. The van der Waals surface area contributed by atoms with Crippen molar-refractivity contribution in [2.75, 3.05) is 0 Å². The van der Waals surface area contributed by atoms with Crippen LogP contribution < -0.4 is 0 Å². The zero-order valence-electron chi connectivity index (χ0n) is 12.4. The van der Waals surface area contributed by atoms with E-state index in [1.165, 1.54) is 0 Å². The molecule has 2 N–H and O–H groups in total. The molecule has 112 valence electrons. The molecule has 0 spiro atoms. The van der Waals surface area contributed by atoms with Crippen molar-refractivity contribution in [3.63, 3.8) is 0 Å². The minimum atomic E-state index is -2.13. The molecule has 0 aliphatic heterocycles. The van der Waals surface area contributed by atoms with Gasteiger partial charge in [0.2, 0.25) is 0 Å². The molecule has 1 unspecified atom stereocenters. The zero-order valence-corrected chi connectivity index (χ0v) is 12.4. The Kier molecular flexibility index (Phi) is 5.37. The van der Waals surface area contributed by atoms with Gasteiger partial charge in [0.05, 0.1) is 0 Å². The molecule has 1 aliphatic carbocycles. The van der Waals surface area contributed by atoms with Crippen LogP contribution in [0.4, 0.5) is 4.39 Å². The van der Waals surface area contributed by atoms with E-state index in [9.17, 15) is 10.0 Å². The van der Waals surface area contributed by atoms with Gasteiger partial charge in [-0.25, -0.2) is 4.39 Å². The van der Waals surface area contributed by atoms with E-state index in [2.05, 4.69) is 6.92 Å². The van der Waals surface area contributed by atoms with E-state index in [4.69, 9.17) is 0 Å². The van der Waals surface area contributed by atoms with Gasteiger partial charge in [0.25, 0.3) is 0 Å². The summed E-state index contributed by atoms with van der Waals surface area (Å²) in [5.74, 6) is 0. The third-order valence-corrected chi connectivity index (χ3v) is 4.01. The zero-order chi connectivity index (χ0) is 15.3. The number of unbranched alkanes of at least 4 members (excludes halogenated alkanes) is 2. The highest BCUT2D eigenvalue weighted by atomic mass is 19.1. The van der Waals surface area contributed by atoms with Gasteiger partial charge in [-0.15, -0.1) is 0 Å². The number of halogens is 1. The summed E-state index contributed by atoms with van der Waals surface area (Å²) in [7, 11) is -2.01. The van der Waals surface area contributed by atoms with Crippen LogP contribution in [-0.2, 0) is 0 Å². The maximum atomic E-state index is 15.2. The van der Waals surface area contributed by atoms with Gasteiger partial charge in [-0.1, -0.05) is 67.8 Å². The Bertz CT molecular complexity index is 525. The molecule has 0 bridgehead atoms. The van der Waals surface area contributed by atoms with Crippen molar-refractivity contribution in [2.45, 2.75) is 44.6 Å². The molecule has 0 saturated heterocycles. The molecule has 21 heavy (non-hydrogen) atoms. The predicted octanol–water partition coefficient (Wildman–Crippen LogP) is 3.70. The van der Waals surface area contributed by atoms with Gasteiger partial charge in [0.1, 0.15) is 0 Å². The Morgan fingerprint density at radius 1 is 1.14 bits per heavy atom. The first kappa shape index (κ1) is 16.0. The highest BCUT2D eigenvalue weighted by Gasteiger charge is 2.48. The maximum Gasteiger partial charge on any atom is 0.496 e. The second-order valence-corrected chi connectivity index (χ2v) is 5.64. The summed E-state index contributed by atoms with van der Waals surface area (Å²) in [6.07, 6.45) is 7.71. The van der Waals surface area contributed by atoms with Crippen molar-refractivity contribution in [3.8, 4) is 0 Å². The molecule has 1 aromatic rings. The second kappa shape index (κ2) is 7.05. The number of hydrogen-bond acceptors (Lipinski definition) is 2. The van der Waals surface area contributed by atoms with Crippen LogP contribution in [-0.4, -0.2) is 22.7 Å². The van der Waals surface area contributed by atoms with E-state index in [-0.39, 0.29) is 6.42 Å². The smallest absolute Gasteiger partial charge is 0.425 e. The standard InChI is InChI=1S/C17H22BFO2/c1-2-3-5-8-14-11-12-16(15-9-6-4-7-10-15)17(19,13-14)18(20)21/h4,6-7,9-12,20-21H,2-3,5,8,13H2,1H3. The van der Waals surface area contributed by atoms with Crippen LogP contribution in [0.25, 0.3) is 5.57 Å². The summed E-state index contributed by atoms with van der Waals surface area (Å²) in [4.78, 5) is 0. The van der Waals surface area contributed by atoms with E-state index in [1.807, 2.05) is 24.3 Å². The summed E-state index contributed by atoms with van der Waals surface area (Å²) in [5, 5.41) is 19.1. The van der Waals surface area contributed by atoms with Crippen molar-refractivity contribution in [2.24, 2.45) is 0 Å². The summed E-state index contributed by atoms with van der Waals surface area (Å²) < 4.78 is 15.2. The van der Waals surface area contributed by atoms with Crippen LogP contribution in [0.15, 0.2) is 48.1 Å².